The molecule has 0 aliphatic heterocycles. The summed E-state index contributed by atoms with van der Waals surface area (Å²) < 4.78 is 1.44. The van der Waals surface area contributed by atoms with Crippen molar-refractivity contribution in [2.45, 2.75) is 13.5 Å². The zero-order valence-electron chi connectivity index (χ0n) is 9.29. The number of anilines is 1. The van der Waals surface area contributed by atoms with E-state index in [1.165, 1.54) is 23.4 Å². The van der Waals surface area contributed by atoms with E-state index in [1.807, 2.05) is 6.92 Å². The summed E-state index contributed by atoms with van der Waals surface area (Å²) in [5.41, 5.74) is 1.48. The van der Waals surface area contributed by atoms with Crippen molar-refractivity contribution < 1.29 is 9.90 Å². The molecule has 0 radical (unpaired) electrons. The molecule has 1 heterocycles. The summed E-state index contributed by atoms with van der Waals surface area (Å²) in [6.07, 6.45) is 2.85. The summed E-state index contributed by atoms with van der Waals surface area (Å²) in [6.45, 7) is 1.92. The number of aromatic hydroxyl groups is 1. The van der Waals surface area contributed by atoms with Gasteiger partial charge < -0.3 is 10.4 Å². The molecular formula is C11H12N4O2. The third kappa shape index (κ3) is 2.81. The van der Waals surface area contributed by atoms with Gasteiger partial charge in [-0.15, -0.1) is 0 Å². The second-order valence-electron chi connectivity index (χ2n) is 3.64. The number of nitrogens with zero attached hydrogens (tertiary/aromatic N) is 3. The first kappa shape index (κ1) is 11.1. The molecule has 0 saturated carbocycles. The summed E-state index contributed by atoms with van der Waals surface area (Å²) in [4.78, 5) is 15.4. The molecule has 0 fully saturated rings. The van der Waals surface area contributed by atoms with Crippen molar-refractivity contribution in [3.63, 3.8) is 0 Å². The number of carbonyl (C=O) groups is 1. The van der Waals surface area contributed by atoms with Crippen LogP contribution >= 0.6 is 0 Å². The Kier molecular flexibility index (Phi) is 3.04. The molecule has 17 heavy (non-hydrogen) atoms. The number of nitrogens with one attached hydrogen (secondary N) is 1. The maximum Gasteiger partial charge on any atom is 0.246 e. The average Bonchev–Trinajstić information content (AvgIpc) is 2.75. The fraction of sp³-hybridized carbons (Fsp3) is 0.182. The number of amides is 1. The normalized spacial score (nSPS) is 10.2. The summed E-state index contributed by atoms with van der Waals surface area (Å²) in [7, 11) is 0. The number of aryl methyl sites for hydroxylation is 1. The summed E-state index contributed by atoms with van der Waals surface area (Å²) in [6, 6.07) is 4.77. The van der Waals surface area contributed by atoms with Gasteiger partial charge in [-0.1, -0.05) is 0 Å². The van der Waals surface area contributed by atoms with Crippen molar-refractivity contribution in [3.05, 3.63) is 36.4 Å². The maximum atomic E-state index is 11.7. The van der Waals surface area contributed by atoms with E-state index >= 15 is 0 Å². The first-order chi connectivity index (χ1) is 8.15. The van der Waals surface area contributed by atoms with E-state index in [1.54, 1.807) is 12.1 Å². The molecule has 0 saturated heterocycles. The van der Waals surface area contributed by atoms with Crippen molar-refractivity contribution in [3.8, 4) is 5.75 Å². The Morgan fingerprint density at radius 2 is 2.35 bits per heavy atom. The predicted octanol–water partition coefficient (Wildman–Crippen LogP) is 0.931. The zero-order chi connectivity index (χ0) is 12.3. The van der Waals surface area contributed by atoms with Crippen molar-refractivity contribution in [1.82, 2.24) is 14.8 Å². The number of carbonyl (C=O) groups excluding carboxylic acids is 1. The molecule has 0 aliphatic carbocycles. The molecule has 2 N–H and O–H groups in total. The fourth-order valence-electron chi connectivity index (χ4n) is 1.44. The highest BCUT2D eigenvalue weighted by Gasteiger charge is 2.06. The zero-order valence-corrected chi connectivity index (χ0v) is 9.29. The van der Waals surface area contributed by atoms with Gasteiger partial charge in [0.15, 0.2) is 0 Å². The van der Waals surface area contributed by atoms with E-state index in [9.17, 15) is 9.90 Å². The minimum Gasteiger partial charge on any atom is -0.508 e. The second kappa shape index (κ2) is 4.65. The minimum absolute atomic E-state index is 0.111. The van der Waals surface area contributed by atoms with Gasteiger partial charge in [0, 0.05) is 5.69 Å². The number of benzene rings is 1. The highest BCUT2D eigenvalue weighted by atomic mass is 16.3. The van der Waals surface area contributed by atoms with Crippen LogP contribution in [0.2, 0.25) is 0 Å². The topological polar surface area (TPSA) is 80.0 Å². The minimum atomic E-state index is -0.190. The highest BCUT2D eigenvalue weighted by molar-refractivity contribution is 5.91. The van der Waals surface area contributed by atoms with Crippen molar-refractivity contribution >= 4 is 11.6 Å². The van der Waals surface area contributed by atoms with Gasteiger partial charge in [-0.3, -0.25) is 4.79 Å². The maximum absolute atomic E-state index is 11.7. The molecule has 0 atom stereocenters. The van der Waals surface area contributed by atoms with Crippen LogP contribution < -0.4 is 5.32 Å². The van der Waals surface area contributed by atoms with Crippen LogP contribution in [0.1, 0.15) is 5.56 Å². The largest absolute Gasteiger partial charge is 0.508 e. The lowest BCUT2D eigenvalue weighted by Gasteiger charge is -2.08. The molecule has 1 amide bonds. The van der Waals surface area contributed by atoms with E-state index in [-0.39, 0.29) is 18.2 Å². The molecule has 0 unspecified atom stereocenters. The number of phenolic OH excluding ortho intramolecular Hbond substituents is 1. The number of aromatic nitrogens is 3. The van der Waals surface area contributed by atoms with Crippen molar-refractivity contribution in [2.24, 2.45) is 0 Å². The highest BCUT2D eigenvalue weighted by Crippen LogP contribution is 2.19. The summed E-state index contributed by atoms with van der Waals surface area (Å²) in [5.74, 6) is -0.0129. The van der Waals surface area contributed by atoms with Crippen molar-refractivity contribution in [2.75, 3.05) is 5.32 Å². The van der Waals surface area contributed by atoms with E-state index in [4.69, 9.17) is 0 Å². The Morgan fingerprint density at radius 3 is 3.00 bits per heavy atom. The second-order valence-corrected chi connectivity index (χ2v) is 3.64. The Morgan fingerprint density at radius 1 is 1.53 bits per heavy atom. The van der Waals surface area contributed by atoms with Gasteiger partial charge >= 0.3 is 0 Å². The summed E-state index contributed by atoms with van der Waals surface area (Å²) >= 11 is 0. The van der Waals surface area contributed by atoms with Crippen molar-refractivity contribution in [1.29, 1.82) is 0 Å². The standard InChI is InChI=1S/C11H12N4O2/c1-8-4-9(16)2-3-10(8)14-11(17)5-15-7-12-6-13-15/h2-4,6-7,16H,5H2,1H3,(H,14,17). The third-order valence-corrected chi connectivity index (χ3v) is 2.26. The summed E-state index contributed by atoms with van der Waals surface area (Å²) in [5, 5.41) is 15.8. The van der Waals surface area contributed by atoms with E-state index in [0.29, 0.717) is 5.69 Å². The monoisotopic (exact) mass is 232 g/mol. The van der Waals surface area contributed by atoms with Gasteiger partial charge in [0.05, 0.1) is 0 Å². The first-order valence-corrected chi connectivity index (χ1v) is 5.07. The Labute approximate surface area is 97.9 Å². The van der Waals surface area contributed by atoms with Gasteiger partial charge in [-0.25, -0.2) is 9.67 Å². The van der Waals surface area contributed by atoms with Gasteiger partial charge in [0.2, 0.25) is 5.91 Å². The van der Waals surface area contributed by atoms with Gasteiger partial charge in [-0.2, -0.15) is 5.10 Å². The van der Waals surface area contributed by atoms with E-state index < -0.39 is 0 Å². The Hall–Kier alpha value is -2.37. The molecule has 0 aliphatic rings. The molecule has 1 aromatic carbocycles. The fourth-order valence-corrected chi connectivity index (χ4v) is 1.44. The smallest absolute Gasteiger partial charge is 0.246 e. The number of hydrogen-bond acceptors (Lipinski definition) is 4. The van der Waals surface area contributed by atoms with E-state index in [0.717, 1.165) is 5.56 Å². The molecule has 2 aromatic rings. The lowest BCUT2D eigenvalue weighted by molar-refractivity contribution is -0.116. The van der Waals surface area contributed by atoms with Crippen LogP contribution in [-0.2, 0) is 11.3 Å². The molecule has 1 aromatic heterocycles. The number of hydrogen-bond donors (Lipinski definition) is 2. The molecule has 0 spiro atoms. The van der Waals surface area contributed by atoms with Crippen LogP contribution in [0.3, 0.4) is 0 Å². The lowest BCUT2D eigenvalue weighted by atomic mass is 10.2. The van der Waals surface area contributed by atoms with Crippen LogP contribution in [0.4, 0.5) is 5.69 Å². The molecule has 2 rings (SSSR count). The molecular weight excluding hydrogens is 220 g/mol. The molecule has 0 bridgehead atoms. The van der Waals surface area contributed by atoms with Crippen LogP contribution in [-0.4, -0.2) is 25.8 Å². The Balaban J connectivity index is 2.03. The Bertz CT molecular complexity index is 522. The van der Waals surface area contributed by atoms with Gasteiger partial charge in [0.1, 0.15) is 24.9 Å². The quantitative estimate of drug-likeness (QED) is 0.771. The van der Waals surface area contributed by atoms with E-state index in [2.05, 4.69) is 15.4 Å². The lowest BCUT2D eigenvalue weighted by Crippen LogP contribution is -2.19. The van der Waals surface area contributed by atoms with Crippen LogP contribution in [0.15, 0.2) is 30.9 Å². The average molecular weight is 232 g/mol. The first-order valence-electron chi connectivity index (χ1n) is 5.07. The number of rotatable bonds is 3. The predicted molar refractivity (Wildman–Crippen MR) is 61.5 cm³/mol. The molecule has 6 heteroatoms. The van der Waals surface area contributed by atoms with Gasteiger partial charge in [-0.05, 0) is 30.7 Å². The molecule has 88 valence electrons. The van der Waals surface area contributed by atoms with Gasteiger partial charge in [0.25, 0.3) is 0 Å². The van der Waals surface area contributed by atoms with Crippen LogP contribution in [0.25, 0.3) is 0 Å². The van der Waals surface area contributed by atoms with Crippen LogP contribution in [0, 0.1) is 6.92 Å². The van der Waals surface area contributed by atoms with Crippen LogP contribution in [0.5, 0.6) is 5.75 Å². The molecule has 6 nitrogen and oxygen atoms in total. The number of phenols is 1. The third-order valence-electron chi connectivity index (χ3n) is 2.26. The SMILES string of the molecule is Cc1cc(O)ccc1NC(=O)Cn1cncn1.